The van der Waals surface area contributed by atoms with E-state index in [-0.39, 0.29) is 5.92 Å². The lowest BCUT2D eigenvalue weighted by molar-refractivity contribution is 0.210. The Labute approximate surface area is 193 Å². The number of hydrogen-bond acceptors (Lipinski definition) is 4. The summed E-state index contributed by atoms with van der Waals surface area (Å²) in [6, 6.07) is 23.1. The predicted molar refractivity (Wildman–Crippen MR) is 137 cm³/mol. The normalized spacial score (nSPS) is 11.5. The molecule has 0 saturated carbocycles. The number of nitrogen functional groups attached to an aromatic ring is 1. The molecule has 32 heavy (non-hydrogen) atoms. The number of nitrogens with one attached hydrogen (secondary N) is 1. The average molecular weight is 435 g/mol. The van der Waals surface area contributed by atoms with Crippen LogP contribution in [0.5, 0.6) is 5.75 Å². The van der Waals surface area contributed by atoms with Crippen LogP contribution in [0.15, 0.2) is 66.7 Å². The summed E-state index contributed by atoms with van der Waals surface area (Å²) < 4.78 is 10.6. The maximum Gasteiger partial charge on any atom is 0.144 e. The van der Waals surface area contributed by atoms with Crippen LogP contribution in [0.1, 0.15) is 54.9 Å². The summed E-state index contributed by atoms with van der Waals surface area (Å²) in [5.41, 5.74) is 12.9. The Morgan fingerprint density at radius 2 is 1.50 bits per heavy atom. The molecule has 0 aliphatic rings. The Morgan fingerprint density at radius 1 is 0.844 bits per heavy atom. The van der Waals surface area contributed by atoms with Gasteiger partial charge >= 0.3 is 0 Å². The molecular weight excluding hydrogens is 396 g/mol. The number of ether oxygens (including phenoxy) is 2. The van der Waals surface area contributed by atoms with Crippen molar-refractivity contribution in [1.82, 2.24) is 0 Å². The Kier molecular flexibility index (Phi) is 10.1. The average Bonchev–Trinajstić information content (AvgIpc) is 2.80. The van der Waals surface area contributed by atoms with Crippen LogP contribution in [0.4, 0.5) is 11.4 Å². The van der Waals surface area contributed by atoms with Crippen LogP contribution in [0.3, 0.4) is 0 Å². The molecule has 0 bridgehead atoms. The molecule has 0 fully saturated rings. The first-order valence-corrected chi connectivity index (χ1v) is 11.2. The molecule has 3 N–H and O–H groups in total. The number of hydrogen-bond donors (Lipinski definition) is 2. The van der Waals surface area contributed by atoms with E-state index in [1.165, 1.54) is 16.7 Å². The maximum atomic E-state index is 6.21. The third-order valence-electron chi connectivity index (χ3n) is 5.53. The van der Waals surface area contributed by atoms with Crippen molar-refractivity contribution in [3.05, 3.63) is 89.0 Å². The molecule has 4 heteroatoms. The first kappa shape index (κ1) is 25.3. The van der Waals surface area contributed by atoms with Gasteiger partial charge in [-0.05, 0) is 41.7 Å². The zero-order valence-corrected chi connectivity index (χ0v) is 20.3. The van der Waals surface area contributed by atoms with E-state index in [4.69, 9.17) is 15.2 Å². The van der Waals surface area contributed by atoms with Crippen LogP contribution < -0.4 is 15.8 Å². The van der Waals surface area contributed by atoms with Gasteiger partial charge in [0.25, 0.3) is 0 Å². The highest BCUT2D eigenvalue weighted by Crippen LogP contribution is 2.36. The van der Waals surface area contributed by atoms with Crippen LogP contribution in [0.2, 0.25) is 0 Å². The fourth-order valence-electron chi connectivity index (χ4n) is 3.42. The second kappa shape index (κ2) is 12.8. The smallest absolute Gasteiger partial charge is 0.144 e. The number of benzene rings is 3. The van der Waals surface area contributed by atoms with Gasteiger partial charge in [0.1, 0.15) is 11.4 Å². The topological polar surface area (TPSA) is 56.5 Å². The SMILES string of the molecule is COCCNc1c(N)cc(C(C)c2ccccc2)cc1OC.Cc1ccc(C(C)C)cc1. The highest BCUT2D eigenvalue weighted by Gasteiger charge is 2.14. The minimum Gasteiger partial charge on any atom is -0.494 e. The van der Waals surface area contributed by atoms with Gasteiger partial charge in [-0.3, -0.25) is 0 Å². The maximum absolute atomic E-state index is 6.21. The minimum absolute atomic E-state index is 0.255. The summed E-state index contributed by atoms with van der Waals surface area (Å²) in [6.45, 7) is 10.0. The van der Waals surface area contributed by atoms with Crippen molar-refractivity contribution in [2.75, 3.05) is 38.4 Å². The molecule has 0 amide bonds. The molecule has 0 saturated heterocycles. The lowest BCUT2D eigenvalue weighted by Gasteiger charge is -2.19. The van der Waals surface area contributed by atoms with Gasteiger partial charge in [-0.25, -0.2) is 0 Å². The minimum atomic E-state index is 0.255. The van der Waals surface area contributed by atoms with Crippen LogP contribution in [-0.4, -0.2) is 27.4 Å². The monoisotopic (exact) mass is 434 g/mol. The summed E-state index contributed by atoms with van der Waals surface area (Å²) >= 11 is 0. The quantitative estimate of drug-likeness (QED) is 0.309. The van der Waals surface area contributed by atoms with Crippen molar-refractivity contribution in [3.63, 3.8) is 0 Å². The number of rotatable bonds is 8. The molecule has 3 rings (SSSR count). The zero-order valence-electron chi connectivity index (χ0n) is 20.3. The number of aryl methyl sites for hydroxylation is 1. The lowest BCUT2D eigenvalue weighted by atomic mass is 9.92. The molecule has 172 valence electrons. The molecule has 0 aliphatic carbocycles. The molecule has 1 unspecified atom stereocenters. The van der Waals surface area contributed by atoms with Crippen molar-refractivity contribution >= 4 is 11.4 Å². The summed E-state index contributed by atoms with van der Waals surface area (Å²) in [5.74, 6) is 1.67. The van der Waals surface area contributed by atoms with E-state index >= 15 is 0 Å². The van der Waals surface area contributed by atoms with Crippen molar-refractivity contribution in [3.8, 4) is 5.75 Å². The highest BCUT2D eigenvalue weighted by atomic mass is 16.5. The van der Waals surface area contributed by atoms with Crippen LogP contribution in [-0.2, 0) is 4.74 Å². The molecular formula is C28H38N2O2. The Morgan fingerprint density at radius 3 is 2.06 bits per heavy atom. The molecule has 1 atom stereocenters. The largest absolute Gasteiger partial charge is 0.494 e. The first-order chi connectivity index (χ1) is 15.4. The second-order valence-corrected chi connectivity index (χ2v) is 8.30. The van der Waals surface area contributed by atoms with Gasteiger partial charge < -0.3 is 20.5 Å². The lowest BCUT2D eigenvalue weighted by Crippen LogP contribution is -2.11. The van der Waals surface area contributed by atoms with Gasteiger partial charge in [0.05, 0.1) is 19.4 Å². The van der Waals surface area contributed by atoms with Crippen LogP contribution in [0.25, 0.3) is 0 Å². The fraction of sp³-hybridized carbons (Fsp3) is 0.357. The molecule has 0 radical (unpaired) electrons. The van der Waals surface area contributed by atoms with Crippen molar-refractivity contribution in [1.29, 1.82) is 0 Å². The third kappa shape index (κ3) is 7.31. The summed E-state index contributed by atoms with van der Waals surface area (Å²) in [6.07, 6.45) is 0. The molecule has 3 aromatic rings. The summed E-state index contributed by atoms with van der Waals surface area (Å²) in [7, 11) is 3.33. The van der Waals surface area contributed by atoms with Gasteiger partial charge in [0.2, 0.25) is 0 Å². The van der Waals surface area contributed by atoms with Gasteiger partial charge in [0.15, 0.2) is 0 Å². The van der Waals surface area contributed by atoms with E-state index in [9.17, 15) is 0 Å². The number of anilines is 2. The van der Waals surface area contributed by atoms with E-state index < -0.39 is 0 Å². The van der Waals surface area contributed by atoms with Crippen molar-refractivity contribution < 1.29 is 9.47 Å². The van der Waals surface area contributed by atoms with E-state index in [0.717, 1.165) is 17.0 Å². The summed E-state index contributed by atoms with van der Waals surface area (Å²) in [4.78, 5) is 0. The Balaban J connectivity index is 0.000000303. The van der Waals surface area contributed by atoms with E-state index in [2.05, 4.69) is 69.4 Å². The molecule has 4 nitrogen and oxygen atoms in total. The fourth-order valence-corrected chi connectivity index (χ4v) is 3.42. The highest BCUT2D eigenvalue weighted by molar-refractivity contribution is 5.75. The summed E-state index contributed by atoms with van der Waals surface area (Å²) in [5, 5.41) is 3.26. The molecule has 0 heterocycles. The van der Waals surface area contributed by atoms with Gasteiger partial charge in [-0.15, -0.1) is 0 Å². The van der Waals surface area contributed by atoms with E-state index in [0.29, 0.717) is 24.8 Å². The van der Waals surface area contributed by atoms with Gasteiger partial charge in [-0.2, -0.15) is 0 Å². The first-order valence-electron chi connectivity index (χ1n) is 11.2. The molecule has 0 aromatic heterocycles. The van der Waals surface area contributed by atoms with Crippen molar-refractivity contribution in [2.45, 2.75) is 39.5 Å². The van der Waals surface area contributed by atoms with Crippen LogP contribution in [0, 0.1) is 6.92 Å². The van der Waals surface area contributed by atoms with Crippen molar-refractivity contribution in [2.24, 2.45) is 0 Å². The van der Waals surface area contributed by atoms with E-state index in [1.807, 2.05) is 30.3 Å². The number of nitrogens with two attached hydrogens (primary N) is 1. The van der Waals surface area contributed by atoms with Gasteiger partial charge in [-0.1, -0.05) is 80.9 Å². The molecule has 0 spiro atoms. The Bertz CT molecular complexity index is 938. The standard InChI is InChI=1S/C18H24N2O2.C10H14/c1-13(14-7-5-4-6-8-14)15-11-16(19)18(17(12-15)22-3)20-9-10-21-2;1-8(2)10-6-4-9(3)5-7-10/h4-8,11-13,20H,9-10,19H2,1-3H3;4-8H,1-3H3. The molecule has 0 aliphatic heterocycles. The second-order valence-electron chi connectivity index (χ2n) is 8.30. The van der Waals surface area contributed by atoms with E-state index in [1.54, 1.807) is 14.2 Å². The van der Waals surface area contributed by atoms with Crippen LogP contribution >= 0.6 is 0 Å². The third-order valence-corrected chi connectivity index (χ3v) is 5.53. The zero-order chi connectivity index (χ0) is 23.5. The number of methoxy groups -OCH3 is 2. The molecule has 3 aromatic carbocycles. The Hall–Kier alpha value is -2.98. The predicted octanol–water partition coefficient (Wildman–Crippen LogP) is 6.61. The van der Waals surface area contributed by atoms with Gasteiger partial charge in [0, 0.05) is 19.6 Å².